The van der Waals surface area contributed by atoms with Crippen molar-refractivity contribution in [2.24, 2.45) is 0 Å². The monoisotopic (exact) mass is 248 g/mol. The Morgan fingerprint density at radius 1 is 1.06 bits per heavy atom. The van der Waals surface area contributed by atoms with Gasteiger partial charge >= 0.3 is 0 Å². The van der Waals surface area contributed by atoms with Gasteiger partial charge in [0.1, 0.15) is 5.75 Å². The molecule has 1 N–H and O–H groups in total. The van der Waals surface area contributed by atoms with Crippen molar-refractivity contribution in [3.63, 3.8) is 0 Å². The molecular formula is C13H13O3P. The van der Waals surface area contributed by atoms with E-state index in [2.05, 4.69) is 0 Å². The number of phenolic OH excluding ortho intramolecular Hbond substituents is 1. The first-order valence-corrected chi connectivity index (χ1v) is 6.51. The van der Waals surface area contributed by atoms with Crippen LogP contribution in [0.5, 0.6) is 5.75 Å². The second-order valence-electron chi connectivity index (χ2n) is 3.58. The maximum Gasteiger partial charge on any atom is 0.221 e. The molecule has 2 aromatic carbocycles. The number of hydrogen-bond donors (Lipinski definition) is 1. The fourth-order valence-electron chi connectivity index (χ4n) is 1.66. The number of benzene rings is 2. The molecule has 0 aromatic heterocycles. The highest BCUT2D eigenvalue weighted by molar-refractivity contribution is 7.48. The second-order valence-corrected chi connectivity index (χ2v) is 5.11. The molecule has 0 heterocycles. The van der Waals surface area contributed by atoms with E-state index in [1.165, 1.54) is 7.11 Å². The molecule has 3 nitrogen and oxygen atoms in total. The van der Waals surface area contributed by atoms with E-state index in [4.69, 9.17) is 4.52 Å². The summed E-state index contributed by atoms with van der Waals surface area (Å²) in [6.07, 6.45) is 0. The zero-order chi connectivity index (χ0) is 12.3. The minimum atomic E-state index is -2.21. The maximum atomic E-state index is 11.8. The summed E-state index contributed by atoms with van der Waals surface area (Å²) in [6.45, 7) is 0. The molecule has 0 fully saturated rings. The summed E-state index contributed by atoms with van der Waals surface area (Å²) in [7, 11) is -0.766. The van der Waals surface area contributed by atoms with Gasteiger partial charge in [0.15, 0.2) is 0 Å². The van der Waals surface area contributed by atoms with Crippen molar-refractivity contribution in [3.8, 4) is 16.9 Å². The van der Waals surface area contributed by atoms with Crippen molar-refractivity contribution in [2.45, 2.75) is 0 Å². The molecule has 0 saturated heterocycles. The molecule has 1 unspecified atom stereocenters. The van der Waals surface area contributed by atoms with Crippen LogP contribution in [0.4, 0.5) is 0 Å². The van der Waals surface area contributed by atoms with Gasteiger partial charge in [0.2, 0.25) is 8.03 Å². The molecule has 0 amide bonds. The molecule has 1 atom stereocenters. The lowest BCUT2D eigenvalue weighted by Crippen LogP contribution is -2.01. The third kappa shape index (κ3) is 2.57. The SMILES string of the molecule is CO[PH](=O)c1ccccc1-c1ccc(O)cc1. The van der Waals surface area contributed by atoms with Crippen LogP contribution in [0, 0.1) is 0 Å². The van der Waals surface area contributed by atoms with Gasteiger partial charge in [-0.25, -0.2) is 0 Å². The minimum absolute atomic E-state index is 0.214. The van der Waals surface area contributed by atoms with Crippen LogP contribution in [0.1, 0.15) is 0 Å². The largest absolute Gasteiger partial charge is 0.508 e. The fourth-order valence-corrected chi connectivity index (χ4v) is 2.56. The van der Waals surface area contributed by atoms with Gasteiger partial charge in [-0.2, -0.15) is 0 Å². The highest BCUT2D eigenvalue weighted by atomic mass is 31.1. The third-order valence-corrected chi connectivity index (χ3v) is 3.76. The average molecular weight is 248 g/mol. The first kappa shape index (κ1) is 11.9. The van der Waals surface area contributed by atoms with Crippen LogP contribution < -0.4 is 5.30 Å². The van der Waals surface area contributed by atoms with E-state index < -0.39 is 8.03 Å². The van der Waals surface area contributed by atoms with E-state index in [0.717, 1.165) is 11.1 Å². The lowest BCUT2D eigenvalue weighted by Gasteiger charge is -2.08. The molecule has 0 spiro atoms. The summed E-state index contributed by atoms with van der Waals surface area (Å²) in [5, 5.41) is 9.95. The zero-order valence-corrected chi connectivity index (χ0v) is 10.4. The summed E-state index contributed by atoms with van der Waals surface area (Å²) in [5.41, 5.74) is 1.78. The summed E-state index contributed by atoms with van der Waals surface area (Å²) >= 11 is 0. The summed E-state index contributed by atoms with van der Waals surface area (Å²) in [6, 6.07) is 14.2. The molecule has 2 rings (SSSR count). The van der Waals surface area contributed by atoms with E-state index in [1.54, 1.807) is 30.3 Å². The lowest BCUT2D eigenvalue weighted by molar-refractivity contribution is 0.423. The minimum Gasteiger partial charge on any atom is -0.508 e. The highest BCUT2D eigenvalue weighted by Crippen LogP contribution is 2.28. The van der Waals surface area contributed by atoms with Crippen molar-refractivity contribution in [1.29, 1.82) is 0 Å². The Kier molecular flexibility index (Phi) is 3.62. The topological polar surface area (TPSA) is 46.5 Å². The number of aromatic hydroxyl groups is 1. The van der Waals surface area contributed by atoms with Crippen LogP contribution >= 0.6 is 8.03 Å². The van der Waals surface area contributed by atoms with Gasteiger partial charge in [-0.1, -0.05) is 30.3 Å². The van der Waals surface area contributed by atoms with Gasteiger partial charge in [-0.3, -0.25) is 4.57 Å². The molecule has 0 aliphatic rings. The predicted octanol–water partition coefficient (Wildman–Crippen LogP) is 2.81. The van der Waals surface area contributed by atoms with E-state index in [9.17, 15) is 9.67 Å². The molecule has 0 bridgehead atoms. The Hall–Kier alpha value is -1.57. The first-order chi connectivity index (χ1) is 8.22. The number of phenols is 1. The van der Waals surface area contributed by atoms with Gasteiger partial charge in [0.05, 0.1) is 0 Å². The molecule has 17 heavy (non-hydrogen) atoms. The molecule has 0 saturated carbocycles. The predicted molar refractivity (Wildman–Crippen MR) is 69.2 cm³/mol. The van der Waals surface area contributed by atoms with Crippen LogP contribution in [0.25, 0.3) is 11.1 Å². The molecule has 0 aliphatic carbocycles. The molecular weight excluding hydrogens is 235 g/mol. The van der Waals surface area contributed by atoms with E-state index >= 15 is 0 Å². The third-order valence-electron chi connectivity index (χ3n) is 2.51. The van der Waals surface area contributed by atoms with Gasteiger partial charge < -0.3 is 9.63 Å². The fraction of sp³-hybridized carbons (Fsp3) is 0.0769. The Bertz CT molecular complexity index is 535. The van der Waals surface area contributed by atoms with Crippen molar-refractivity contribution in [3.05, 3.63) is 48.5 Å². The Morgan fingerprint density at radius 3 is 2.35 bits per heavy atom. The first-order valence-electron chi connectivity index (χ1n) is 5.19. The van der Waals surface area contributed by atoms with Gasteiger partial charge in [0, 0.05) is 12.4 Å². The van der Waals surface area contributed by atoms with Crippen molar-refractivity contribution in [1.82, 2.24) is 0 Å². The Balaban J connectivity index is 2.51. The van der Waals surface area contributed by atoms with Gasteiger partial charge in [0.25, 0.3) is 0 Å². The van der Waals surface area contributed by atoms with Crippen LogP contribution in [0.2, 0.25) is 0 Å². The molecule has 2 aromatic rings. The molecule has 0 radical (unpaired) electrons. The van der Waals surface area contributed by atoms with Crippen molar-refractivity contribution >= 4 is 13.3 Å². The van der Waals surface area contributed by atoms with E-state index in [0.29, 0.717) is 5.30 Å². The van der Waals surface area contributed by atoms with Crippen LogP contribution in [0.3, 0.4) is 0 Å². The summed E-state index contributed by atoms with van der Waals surface area (Å²) < 4.78 is 16.7. The lowest BCUT2D eigenvalue weighted by atomic mass is 10.1. The number of rotatable bonds is 3. The number of hydrogen-bond acceptors (Lipinski definition) is 3. The van der Waals surface area contributed by atoms with Crippen molar-refractivity contribution in [2.75, 3.05) is 7.11 Å². The van der Waals surface area contributed by atoms with Crippen LogP contribution in [0.15, 0.2) is 48.5 Å². The van der Waals surface area contributed by atoms with Crippen LogP contribution in [-0.4, -0.2) is 12.2 Å². The summed E-state index contributed by atoms with van der Waals surface area (Å²) in [4.78, 5) is 0. The smallest absolute Gasteiger partial charge is 0.221 e. The van der Waals surface area contributed by atoms with E-state index in [-0.39, 0.29) is 5.75 Å². The average Bonchev–Trinajstić information content (AvgIpc) is 2.39. The zero-order valence-electron chi connectivity index (χ0n) is 9.38. The van der Waals surface area contributed by atoms with E-state index in [1.807, 2.05) is 18.2 Å². The van der Waals surface area contributed by atoms with Gasteiger partial charge in [-0.05, 0) is 29.3 Å². The van der Waals surface area contributed by atoms with Crippen LogP contribution in [-0.2, 0) is 9.09 Å². The van der Waals surface area contributed by atoms with Gasteiger partial charge in [-0.15, -0.1) is 0 Å². The molecule has 4 heteroatoms. The quantitative estimate of drug-likeness (QED) is 0.849. The maximum absolute atomic E-state index is 11.8. The highest BCUT2D eigenvalue weighted by Gasteiger charge is 2.09. The second kappa shape index (κ2) is 5.17. The Morgan fingerprint density at radius 2 is 1.71 bits per heavy atom. The standard InChI is InChI=1S/C13H13O3P/c1-16-17(15)13-5-3-2-4-12(13)10-6-8-11(14)9-7-10/h2-9,14,17H,1H3. The molecule has 88 valence electrons. The van der Waals surface area contributed by atoms with Crippen molar-refractivity contribution < 1.29 is 14.2 Å². The molecule has 0 aliphatic heterocycles. The summed E-state index contributed by atoms with van der Waals surface area (Å²) in [5.74, 6) is 0.214. The normalized spacial score (nSPS) is 12.3. The Labute approximate surface area is 101 Å².